The van der Waals surface area contributed by atoms with Crippen molar-refractivity contribution in [2.45, 2.75) is 18.5 Å². The average Bonchev–Trinajstić information content (AvgIpc) is 3.49. The Labute approximate surface area is 210 Å². The first kappa shape index (κ1) is 23.4. The molecular formula is C25H23N3O5S2. The zero-order valence-electron chi connectivity index (χ0n) is 18.7. The number of ether oxygens (including phenoxy) is 1. The lowest BCUT2D eigenvalue weighted by molar-refractivity contribution is -0.141. The third kappa shape index (κ3) is 4.76. The van der Waals surface area contributed by atoms with Crippen LogP contribution in [0.15, 0.2) is 53.9 Å². The molecule has 0 saturated carbocycles. The highest BCUT2D eigenvalue weighted by Gasteiger charge is 2.34. The molecule has 2 aliphatic rings. The van der Waals surface area contributed by atoms with Crippen LogP contribution in [0.3, 0.4) is 0 Å². The summed E-state index contributed by atoms with van der Waals surface area (Å²) in [7, 11) is 0. The number of carbonyl (C=O) groups excluding carboxylic acids is 2. The summed E-state index contributed by atoms with van der Waals surface area (Å²) in [4.78, 5) is 42.4. The van der Waals surface area contributed by atoms with Gasteiger partial charge in [0, 0.05) is 29.3 Å². The van der Waals surface area contributed by atoms with Gasteiger partial charge in [0.05, 0.1) is 6.54 Å². The SMILES string of the molecule is O=C(NCc1nc(C(=O)N2CCSCC2C(=O)O)cs1)OCC1c2ccccc2-c2ccccc21. The lowest BCUT2D eigenvalue weighted by Crippen LogP contribution is -2.50. The molecule has 35 heavy (non-hydrogen) atoms. The molecule has 2 N–H and O–H groups in total. The van der Waals surface area contributed by atoms with Gasteiger partial charge < -0.3 is 20.1 Å². The number of carbonyl (C=O) groups is 3. The zero-order chi connectivity index (χ0) is 24.4. The van der Waals surface area contributed by atoms with Crippen LogP contribution in [0.1, 0.15) is 32.5 Å². The van der Waals surface area contributed by atoms with Gasteiger partial charge in [0.1, 0.15) is 23.4 Å². The summed E-state index contributed by atoms with van der Waals surface area (Å²) >= 11 is 2.75. The van der Waals surface area contributed by atoms with E-state index in [0.29, 0.717) is 23.1 Å². The molecule has 2 amide bonds. The Morgan fingerprint density at radius 1 is 1.09 bits per heavy atom. The quantitative estimate of drug-likeness (QED) is 0.520. The number of carboxylic acid groups (broad SMARTS) is 1. The van der Waals surface area contributed by atoms with Crippen molar-refractivity contribution >= 4 is 41.1 Å². The van der Waals surface area contributed by atoms with Crippen molar-refractivity contribution in [1.29, 1.82) is 0 Å². The van der Waals surface area contributed by atoms with Crippen LogP contribution in [-0.2, 0) is 16.1 Å². The minimum Gasteiger partial charge on any atom is -0.480 e. The van der Waals surface area contributed by atoms with Crippen LogP contribution in [0.5, 0.6) is 0 Å². The molecule has 1 saturated heterocycles. The fraction of sp³-hybridized carbons (Fsp3) is 0.280. The number of nitrogens with one attached hydrogen (secondary N) is 1. The molecule has 1 aromatic heterocycles. The van der Waals surface area contributed by atoms with E-state index in [2.05, 4.69) is 34.6 Å². The first-order valence-electron chi connectivity index (χ1n) is 11.2. The van der Waals surface area contributed by atoms with Crippen molar-refractivity contribution in [3.05, 3.63) is 75.7 Å². The van der Waals surface area contributed by atoms with Crippen LogP contribution in [0.2, 0.25) is 0 Å². The molecule has 0 spiro atoms. The predicted octanol–water partition coefficient (Wildman–Crippen LogP) is 3.82. The van der Waals surface area contributed by atoms with Crippen molar-refractivity contribution in [3.8, 4) is 11.1 Å². The molecule has 3 aromatic rings. The van der Waals surface area contributed by atoms with Crippen molar-refractivity contribution in [3.63, 3.8) is 0 Å². The van der Waals surface area contributed by atoms with Gasteiger partial charge in [0.15, 0.2) is 0 Å². The summed E-state index contributed by atoms with van der Waals surface area (Å²) in [5.41, 5.74) is 4.79. The first-order chi connectivity index (χ1) is 17.0. The molecule has 1 fully saturated rings. The van der Waals surface area contributed by atoms with Gasteiger partial charge in [0.2, 0.25) is 0 Å². The van der Waals surface area contributed by atoms with Gasteiger partial charge >= 0.3 is 12.1 Å². The molecule has 2 aromatic carbocycles. The molecule has 180 valence electrons. The molecular weight excluding hydrogens is 486 g/mol. The number of aliphatic carboxylic acids is 1. The van der Waals surface area contributed by atoms with E-state index in [9.17, 15) is 19.5 Å². The van der Waals surface area contributed by atoms with Crippen LogP contribution in [0.4, 0.5) is 4.79 Å². The highest BCUT2D eigenvalue weighted by molar-refractivity contribution is 7.99. The summed E-state index contributed by atoms with van der Waals surface area (Å²) in [6, 6.07) is 15.4. The number of rotatable bonds is 6. The minimum absolute atomic E-state index is 0.0258. The first-order valence-corrected chi connectivity index (χ1v) is 13.2. The minimum atomic E-state index is -1.02. The van der Waals surface area contributed by atoms with E-state index in [1.54, 1.807) is 5.38 Å². The number of thiazole rings is 1. The van der Waals surface area contributed by atoms with E-state index in [1.165, 1.54) is 28.0 Å². The zero-order valence-corrected chi connectivity index (χ0v) is 20.3. The maximum Gasteiger partial charge on any atom is 0.407 e. The van der Waals surface area contributed by atoms with Crippen molar-refractivity contribution < 1.29 is 24.2 Å². The van der Waals surface area contributed by atoms with Crippen LogP contribution in [0.25, 0.3) is 11.1 Å². The van der Waals surface area contributed by atoms with Gasteiger partial charge in [0.25, 0.3) is 5.91 Å². The summed E-state index contributed by atoms with van der Waals surface area (Å²) in [6.45, 7) is 0.698. The van der Waals surface area contributed by atoms with Gasteiger partial charge in [-0.05, 0) is 22.3 Å². The third-order valence-electron chi connectivity index (χ3n) is 6.17. The van der Waals surface area contributed by atoms with Gasteiger partial charge in [-0.15, -0.1) is 11.3 Å². The van der Waals surface area contributed by atoms with E-state index in [4.69, 9.17) is 4.74 Å². The number of hydrogen-bond donors (Lipinski definition) is 2. The summed E-state index contributed by atoms with van der Waals surface area (Å²) < 4.78 is 5.54. The number of carboxylic acids is 1. The summed E-state index contributed by atoms with van der Waals surface area (Å²) in [5, 5.41) is 14.2. The lowest BCUT2D eigenvalue weighted by atomic mass is 9.98. The number of fused-ring (bicyclic) bond motifs is 3. The number of hydrogen-bond acceptors (Lipinski definition) is 7. The molecule has 1 aliphatic carbocycles. The maximum atomic E-state index is 12.8. The number of nitrogens with zero attached hydrogens (tertiary/aromatic N) is 2. The van der Waals surface area contributed by atoms with Gasteiger partial charge in [-0.2, -0.15) is 11.8 Å². The van der Waals surface area contributed by atoms with E-state index in [1.807, 2.05) is 24.3 Å². The van der Waals surface area contributed by atoms with Crippen LogP contribution in [0, 0.1) is 0 Å². The molecule has 0 radical (unpaired) electrons. The Bertz CT molecular complexity index is 1230. The number of thioether (sulfide) groups is 1. The second kappa shape index (κ2) is 10.1. The molecule has 1 aliphatic heterocycles. The highest BCUT2D eigenvalue weighted by Crippen LogP contribution is 2.44. The number of alkyl carbamates (subject to hydrolysis) is 1. The van der Waals surface area contributed by atoms with Crippen molar-refractivity contribution in [2.75, 3.05) is 24.7 Å². The van der Waals surface area contributed by atoms with E-state index < -0.39 is 24.0 Å². The fourth-order valence-corrected chi connectivity index (χ4v) is 6.23. The molecule has 1 atom stereocenters. The number of amides is 2. The second-order valence-corrected chi connectivity index (χ2v) is 10.3. The van der Waals surface area contributed by atoms with E-state index in [-0.39, 0.29) is 24.8 Å². The van der Waals surface area contributed by atoms with Gasteiger partial charge in [-0.1, -0.05) is 48.5 Å². The molecule has 2 heterocycles. The average molecular weight is 510 g/mol. The maximum absolute atomic E-state index is 12.8. The smallest absolute Gasteiger partial charge is 0.407 e. The Morgan fingerprint density at radius 2 is 1.77 bits per heavy atom. The standard InChI is InChI=1S/C25H23N3O5S2/c29-23(28-9-10-34-14-21(28)24(30)31)20-13-35-22(27-20)11-26-25(32)33-12-19-17-7-3-1-5-15(17)16-6-2-4-8-18(16)19/h1-8,13,19,21H,9-12,14H2,(H,26,32)(H,30,31). The Balaban J connectivity index is 1.17. The van der Waals surface area contributed by atoms with Crippen molar-refractivity contribution in [1.82, 2.24) is 15.2 Å². The predicted molar refractivity (Wildman–Crippen MR) is 134 cm³/mol. The molecule has 5 rings (SSSR count). The topological polar surface area (TPSA) is 109 Å². The Kier molecular flexibility index (Phi) is 6.74. The third-order valence-corrected chi connectivity index (χ3v) is 8.04. The fourth-order valence-electron chi connectivity index (χ4n) is 4.49. The van der Waals surface area contributed by atoms with Crippen LogP contribution in [-0.4, -0.2) is 63.7 Å². The summed E-state index contributed by atoms with van der Waals surface area (Å²) in [5.74, 6) is -0.390. The Hall–Kier alpha value is -3.37. The largest absolute Gasteiger partial charge is 0.480 e. The molecule has 0 bridgehead atoms. The van der Waals surface area contributed by atoms with Gasteiger partial charge in [-0.3, -0.25) is 4.79 Å². The van der Waals surface area contributed by atoms with Crippen LogP contribution < -0.4 is 5.32 Å². The number of aromatic nitrogens is 1. The molecule has 1 unspecified atom stereocenters. The molecule has 8 nitrogen and oxygen atoms in total. The molecule has 10 heteroatoms. The lowest BCUT2D eigenvalue weighted by Gasteiger charge is -2.32. The van der Waals surface area contributed by atoms with E-state index >= 15 is 0 Å². The monoisotopic (exact) mass is 509 g/mol. The second-order valence-electron chi connectivity index (χ2n) is 8.23. The van der Waals surface area contributed by atoms with Crippen molar-refractivity contribution in [2.24, 2.45) is 0 Å². The van der Waals surface area contributed by atoms with Crippen LogP contribution >= 0.6 is 23.1 Å². The van der Waals surface area contributed by atoms with E-state index in [0.717, 1.165) is 22.3 Å². The number of benzene rings is 2. The summed E-state index contributed by atoms with van der Waals surface area (Å²) in [6.07, 6.45) is -0.561. The van der Waals surface area contributed by atoms with Gasteiger partial charge in [-0.25, -0.2) is 14.6 Å². The highest BCUT2D eigenvalue weighted by atomic mass is 32.2. The normalized spacial score (nSPS) is 16.9. The Morgan fingerprint density at radius 3 is 2.46 bits per heavy atom.